The third-order valence-corrected chi connectivity index (χ3v) is 8.23. The maximum Gasteiger partial charge on any atom is 0.326 e. The fourth-order valence-electron chi connectivity index (χ4n) is 4.61. The van der Waals surface area contributed by atoms with Gasteiger partial charge in [0.25, 0.3) is 21.5 Å². The SMILES string of the molecule is Cc1ccc(S(=O)(=O)NC(N)=NCCC[C@H](NC(=O)c2ccc(C(c3ccccc3)c3ccccc3)[nH]c2=O)C(=O)O)cc1. The Morgan fingerprint density at radius 2 is 1.50 bits per heavy atom. The summed E-state index contributed by atoms with van der Waals surface area (Å²) in [5, 5.41) is 12.0. The van der Waals surface area contributed by atoms with Gasteiger partial charge < -0.3 is 21.1 Å². The molecule has 1 heterocycles. The number of aromatic amines is 1. The third-order valence-electron chi connectivity index (χ3n) is 6.86. The van der Waals surface area contributed by atoms with Crippen molar-refractivity contribution in [2.24, 2.45) is 10.7 Å². The van der Waals surface area contributed by atoms with E-state index in [1.807, 2.05) is 67.6 Å². The van der Waals surface area contributed by atoms with Crippen molar-refractivity contribution >= 4 is 27.9 Å². The number of nitrogens with two attached hydrogens (primary N) is 1. The van der Waals surface area contributed by atoms with Crippen LogP contribution >= 0.6 is 0 Å². The van der Waals surface area contributed by atoms with Gasteiger partial charge in [-0.15, -0.1) is 0 Å². The van der Waals surface area contributed by atoms with E-state index >= 15 is 0 Å². The molecule has 11 nitrogen and oxygen atoms in total. The number of H-pyrrole nitrogens is 1. The summed E-state index contributed by atoms with van der Waals surface area (Å²) in [6.45, 7) is 1.83. The molecule has 0 saturated carbocycles. The highest BCUT2D eigenvalue weighted by molar-refractivity contribution is 7.90. The molecule has 1 amide bonds. The van der Waals surface area contributed by atoms with Gasteiger partial charge in [-0.3, -0.25) is 14.6 Å². The normalized spacial score (nSPS) is 12.5. The molecule has 4 aromatic rings. The van der Waals surface area contributed by atoms with Gasteiger partial charge in [-0.1, -0.05) is 78.4 Å². The van der Waals surface area contributed by atoms with E-state index < -0.39 is 33.5 Å². The van der Waals surface area contributed by atoms with Crippen LogP contribution in [0.25, 0.3) is 0 Å². The van der Waals surface area contributed by atoms with Crippen molar-refractivity contribution in [1.29, 1.82) is 0 Å². The van der Waals surface area contributed by atoms with E-state index in [-0.39, 0.29) is 41.7 Å². The lowest BCUT2D eigenvalue weighted by Crippen LogP contribution is -2.42. The maximum absolute atomic E-state index is 13.0. The zero-order valence-electron chi connectivity index (χ0n) is 23.9. The molecule has 0 unspecified atom stereocenters. The Labute approximate surface area is 254 Å². The number of sulfonamides is 1. The lowest BCUT2D eigenvalue weighted by Gasteiger charge is -2.19. The van der Waals surface area contributed by atoms with Crippen molar-refractivity contribution in [2.45, 2.75) is 36.6 Å². The van der Waals surface area contributed by atoms with Gasteiger partial charge in [0.05, 0.1) is 4.90 Å². The average Bonchev–Trinajstić information content (AvgIpc) is 3.00. The predicted molar refractivity (Wildman–Crippen MR) is 167 cm³/mol. The standard InChI is InChI=1S/C32H33N5O6S/c1-21-14-16-24(17-15-21)44(42,43)37-32(33)34-20-8-13-27(31(40)41)36-30(39)25-18-19-26(35-29(25)38)28(22-9-4-2-5-10-22)23-11-6-3-7-12-23/h2-7,9-12,14-19,27-28H,8,13,20H2,1H3,(H,35,38)(H,36,39)(H,40,41)(H3,33,34,37)/t27-/m0/s1. The molecule has 0 bridgehead atoms. The number of rotatable bonds is 12. The quantitative estimate of drug-likeness (QED) is 0.0921. The molecule has 0 aliphatic rings. The van der Waals surface area contributed by atoms with E-state index in [9.17, 15) is 27.9 Å². The van der Waals surface area contributed by atoms with Crippen LogP contribution < -0.4 is 21.3 Å². The van der Waals surface area contributed by atoms with E-state index in [2.05, 4.69) is 20.0 Å². The molecule has 0 radical (unpaired) electrons. The Morgan fingerprint density at radius 1 is 0.909 bits per heavy atom. The van der Waals surface area contributed by atoms with Crippen molar-refractivity contribution < 1.29 is 23.1 Å². The molecular formula is C32H33N5O6S. The van der Waals surface area contributed by atoms with Crippen LogP contribution in [0.3, 0.4) is 0 Å². The Bertz CT molecular complexity index is 1750. The minimum absolute atomic E-state index is 0.00244. The minimum atomic E-state index is -3.92. The van der Waals surface area contributed by atoms with Crippen LogP contribution in [-0.2, 0) is 14.8 Å². The van der Waals surface area contributed by atoms with Gasteiger partial charge in [0.1, 0.15) is 11.6 Å². The number of nitrogens with one attached hydrogen (secondary N) is 3. The number of aromatic nitrogens is 1. The number of aliphatic carboxylic acids is 1. The zero-order chi connectivity index (χ0) is 31.7. The Hall–Kier alpha value is -5.23. The number of hydrogen-bond acceptors (Lipinski definition) is 6. The van der Waals surface area contributed by atoms with Crippen molar-refractivity contribution in [2.75, 3.05) is 6.54 Å². The Balaban J connectivity index is 1.40. The molecule has 6 N–H and O–H groups in total. The summed E-state index contributed by atoms with van der Waals surface area (Å²) < 4.78 is 27.1. The highest BCUT2D eigenvalue weighted by atomic mass is 32.2. The number of benzene rings is 3. The maximum atomic E-state index is 13.0. The van der Waals surface area contributed by atoms with Crippen molar-refractivity contribution in [3.8, 4) is 0 Å². The summed E-state index contributed by atoms with van der Waals surface area (Å²) in [6.07, 6.45) is 0.123. The number of guanidine groups is 1. The molecule has 4 rings (SSSR count). The molecule has 228 valence electrons. The number of nitrogens with zero attached hydrogens (tertiary/aromatic N) is 1. The minimum Gasteiger partial charge on any atom is -0.480 e. The molecule has 0 spiro atoms. The number of carbonyl (C=O) groups excluding carboxylic acids is 1. The number of carboxylic acid groups (broad SMARTS) is 1. The lowest BCUT2D eigenvalue weighted by atomic mass is 9.88. The van der Waals surface area contributed by atoms with Crippen LogP contribution in [0.15, 0.2) is 112 Å². The molecule has 0 saturated heterocycles. The Morgan fingerprint density at radius 3 is 2.05 bits per heavy atom. The fourth-order valence-corrected chi connectivity index (χ4v) is 5.57. The summed E-state index contributed by atoms with van der Waals surface area (Å²) >= 11 is 0. The summed E-state index contributed by atoms with van der Waals surface area (Å²) in [7, 11) is -3.92. The van der Waals surface area contributed by atoms with Crippen molar-refractivity contribution in [3.05, 3.63) is 135 Å². The van der Waals surface area contributed by atoms with Crippen molar-refractivity contribution in [3.63, 3.8) is 0 Å². The molecule has 1 aromatic heterocycles. The lowest BCUT2D eigenvalue weighted by molar-refractivity contribution is -0.139. The number of carboxylic acids is 1. The first-order valence-corrected chi connectivity index (χ1v) is 15.3. The first kappa shape index (κ1) is 31.7. The topological polar surface area (TPSA) is 184 Å². The second-order valence-corrected chi connectivity index (χ2v) is 11.8. The van der Waals surface area contributed by atoms with E-state index in [1.165, 1.54) is 18.2 Å². The first-order valence-electron chi connectivity index (χ1n) is 13.8. The van der Waals surface area contributed by atoms with Gasteiger partial charge in [0.2, 0.25) is 5.96 Å². The summed E-state index contributed by atoms with van der Waals surface area (Å²) in [5.74, 6) is -2.77. The van der Waals surface area contributed by atoms with Gasteiger partial charge >= 0.3 is 5.97 Å². The number of aryl methyl sites for hydroxylation is 1. The van der Waals surface area contributed by atoms with Gasteiger partial charge in [-0.25, -0.2) is 17.9 Å². The largest absolute Gasteiger partial charge is 0.480 e. The van der Waals surface area contributed by atoms with Crippen LogP contribution in [-0.4, -0.2) is 48.9 Å². The summed E-state index contributed by atoms with van der Waals surface area (Å²) in [5.41, 5.74) is 8.20. The number of pyridine rings is 1. The summed E-state index contributed by atoms with van der Waals surface area (Å²) in [4.78, 5) is 44.6. The smallest absolute Gasteiger partial charge is 0.326 e. The van der Waals surface area contributed by atoms with E-state index in [0.717, 1.165) is 16.7 Å². The van der Waals surface area contributed by atoms with E-state index in [4.69, 9.17) is 5.73 Å². The second-order valence-electron chi connectivity index (χ2n) is 10.1. The summed E-state index contributed by atoms with van der Waals surface area (Å²) in [6, 6.07) is 27.1. The molecular weight excluding hydrogens is 582 g/mol. The highest BCUT2D eigenvalue weighted by Crippen LogP contribution is 2.30. The molecule has 12 heteroatoms. The monoisotopic (exact) mass is 615 g/mol. The first-order chi connectivity index (χ1) is 21.0. The number of amides is 1. The van der Waals surface area contributed by atoms with Crippen LogP contribution in [0, 0.1) is 6.92 Å². The predicted octanol–water partition coefficient (Wildman–Crippen LogP) is 3.12. The average molecular weight is 616 g/mol. The van der Waals surface area contributed by atoms with Gasteiger partial charge in [0.15, 0.2) is 0 Å². The van der Waals surface area contributed by atoms with E-state index in [0.29, 0.717) is 5.69 Å². The van der Waals surface area contributed by atoms with Gasteiger partial charge in [-0.2, -0.15) is 0 Å². The number of hydrogen-bond donors (Lipinski definition) is 5. The molecule has 0 fully saturated rings. The zero-order valence-corrected chi connectivity index (χ0v) is 24.8. The van der Waals surface area contributed by atoms with Gasteiger partial charge in [-0.05, 0) is 55.2 Å². The van der Waals surface area contributed by atoms with E-state index in [1.54, 1.807) is 18.2 Å². The third kappa shape index (κ3) is 8.19. The molecule has 0 aliphatic carbocycles. The molecule has 0 aliphatic heterocycles. The fraction of sp³-hybridized carbons (Fsp3) is 0.188. The van der Waals surface area contributed by atoms with Crippen LogP contribution in [0.4, 0.5) is 0 Å². The van der Waals surface area contributed by atoms with Crippen LogP contribution in [0.2, 0.25) is 0 Å². The molecule has 3 aromatic carbocycles. The molecule has 44 heavy (non-hydrogen) atoms. The second kappa shape index (κ2) is 14.3. The van der Waals surface area contributed by atoms with Crippen molar-refractivity contribution in [1.82, 2.24) is 15.0 Å². The highest BCUT2D eigenvalue weighted by Gasteiger charge is 2.24. The number of aliphatic imine (C=N–C) groups is 1. The number of carbonyl (C=O) groups is 2. The van der Waals surface area contributed by atoms with Crippen LogP contribution in [0.1, 0.15) is 51.5 Å². The Kier molecular flexibility index (Phi) is 10.3. The van der Waals surface area contributed by atoms with Gasteiger partial charge in [0, 0.05) is 18.2 Å². The molecule has 1 atom stereocenters. The van der Waals surface area contributed by atoms with Crippen LogP contribution in [0.5, 0.6) is 0 Å².